The third-order valence-corrected chi connectivity index (χ3v) is 3.85. The summed E-state index contributed by atoms with van der Waals surface area (Å²) in [6.45, 7) is 0.783. The minimum atomic E-state index is -0.305. The minimum absolute atomic E-state index is 0.230. The fourth-order valence-electron chi connectivity index (χ4n) is 2.19. The number of aromatic nitrogens is 2. The molecule has 1 aromatic carbocycles. The standard InChI is InChI=1S/C16H20ClFN4O/c1-21(2)9-8-13(11-4-6-12(18)7-5-11)19-16(23)14-10-15(17)22(3)20-14/h4-7,10,13H,8-9H2,1-3H3,(H,19,23). The van der Waals surface area contributed by atoms with E-state index in [0.717, 1.165) is 12.1 Å². The summed E-state index contributed by atoms with van der Waals surface area (Å²) in [4.78, 5) is 14.4. The Hall–Kier alpha value is -1.92. The van der Waals surface area contributed by atoms with Crippen LogP contribution in [0.4, 0.5) is 4.39 Å². The Bertz CT molecular complexity index is 650. The second kappa shape index (κ2) is 7.57. The fraction of sp³-hybridized carbons (Fsp3) is 0.375. The highest BCUT2D eigenvalue weighted by molar-refractivity contribution is 6.29. The van der Waals surface area contributed by atoms with Gasteiger partial charge < -0.3 is 10.2 Å². The van der Waals surface area contributed by atoms with Gasteiger partial charge >= 0.3 is 0 Å². The molecule has 1 heterocycles. The number of hydrogen-bond acceptors (Lipinski definition) is 3. The number of carbonyl (C=O) groups excluding carboxylic acids is 1. The number of nitrogens with zero attached hydrogens (tertiary/aromatic N) is 3. The van der Waals surface area contributed by atoms with Gasteiger partial charge in [-0.15, -0.1) is 0 Å². The Kier molecular flexibility index (Phi) is 5.74. The van der Waals surface area contributed by atoms with Crippen molar-refractivity contribution in [2.45, 2.75) is 12.5 Å². The van der Waals surface area contributed by atoms with Gasteiger partial charge in [0.05, 0.1) is 6.04 Å². The first-order valence-electron chi connectivity index (χ1n) is 7.27. The van der Waals surface area contributed by atoms with Crippen LogP contribution in [0.2, 0.25) is 5.15 Å². The maximum Gasteiger partial charge on any atom is 0.272 e. The molecule has 1 N–H and O–H groups in total. The summed E-state index contributed by atoms with van der Waals surface area (Å²) in [5.41, 5.74) is 1.11. The lowest BCUT2D eigenvalue weighted by atomic mass is 10.0. The average Bonchev–Trinajstić information content (AvgIpc) is 2.84. The SMILES string of the molecule is CN(C)CCC(NC(=O)c1cc(Cl)n(C)n1)c1ccc(F)cc1. The normalized spacial score (nSPS) is 12.4. The summed E-state index contributed by atoms with van der Waals surface area (Å²) in [5.74, 6) is -0.608. The van der Waals surface area contributed by atoms with Gasteiger partial charge in [0.25, 0.3) is 5.91 Å². The second-order valence-electron chi connectivity index (χ2n) is 5.65. The van der Waals surface area contributed by atoms with Crippen molar-refractivity contribution in [3.63, 3.8) is 0 Å². The van der Waals surface area contributed by atoms with Crippen LogP contribution in [0.15, 0.2) is 30.3 Å². The molecule has 0 aliphatic carbocycles. The molecule has 0 aliphatic rings. The Morgan fingerprint density at radius 3 is 2.57 bits per heavy atom. The first-order chi connectivity index (χ1) is 10.9. The van der Waals surface area contributed by atoms with Crippen molar-refractivity contribution in [3.05, 3.63) is 52.6 Å². The van der Waals surface area contributed by atoms with Crippen LogP contribution in [0.1, 0.15) is 28.5 Å². The highest BCUT2D eigenvalue weighted by atomic mass is 35.5. The van der Waals surface area contributed by atoms with Crippen molar-refractivity contribution in [1.29, 1.82) is 0 Å². The summed E-state index contributed by atoms with van der Waals surface area (Å²) < 4.78 is 14.5. The molecule has 7 heteroatoms. The zero-order chi connectivity index (χ0) is 17.0. The molecule has 1 amide bonds. The highest BCUT2D eigenvalue weighted by Gasteiger charge is 2.18. The van der Waals surface area contributed by atoms with E-state index in [1.54, 1.807) is 19.2 Å². The third kappa shape index (κ3) is 4.77. The molecular weight excluding hydrogens is 319 g/mol. The minimum Gasteiger partial charge on any atom is -0.344 e. The number of aryl methyl sites for hydroxylation is 1. The Morgan fingerprint density at radius 2 is 2.04 bits per heavy atom. The number of rotatable bonds is 6. The molecule has 0 spiro atoms. The van der Waals surface area contributed by atoms with Gasteiger partial charge in [0, 0.05) is 13.1 Å². The van der Waals surface area contributed by atoms with Gasteiger partial charge in [0.2, 0.25) is 0 Å². The van der Waals surface area contributed by atoms with E-state index in [4.69, 9.17) is 11.6 Å². The van der Waals surface area contributed by atoms with Crippen molar-refractivity contribution >= 4 is 17.5 Å². The molecule has 0 saturated heterocycles. The van der Waals surface area contributed by atoms with Crippen LogP contribution in [-0.4, -0.2) is 41.2 Å². The van der Waals surface area contributed by atoms with Gasteiger partial charge in [0.15, 0.2) is 5.69 Å². The quantitative estimate of drug-likeness (QED) is 0.881. The summed E-state index contributed by atoms with van der Waals surface area (Å²) in [6, 6.07) is 7.43. The van der Waals surface area contributed by atoms with E-state index in [9.17, 15) is 9.18 Å². The number of halogens is 2. The zero-order valence-corrected chi connectivity index (χ0v) is 14.1. The van der Waals surface area contributed by atoms with E-state index < -0.39 is 0 Å². The summed E-state index contributed by atoms with van der Waals surface area (Å²) >= 11 is 5.92. The lowest BCUT2D eigenvalue weighted by Crippen LogP contribution is -2.31. The Morgan fingerprint density at radius 1 is 1.39 bits per heavy atom. The summed E-state index contributed by atoms with van der Waals surface area (Å²) in [5, 5.41) is 7.40. The molecule has 1 unspecified atom stereocenters. The van der Waals surface area contributed by atoms with Crippen LogP contribution in [0.5, 0.6) is 0 Å². The predicted molar refractivity (Wildman–Crippen MR) is 88.0 cm³/mol. The van der Waals surface area contributed by atoms with E-state index in [1.807, 2.05) is 19.0 Å². The predicted octanol–water partition coefficient (Wildman–Crippen LogP) is 2.64. The van der Waals surface area contributed by atoms with Gasteiger partial charge in [-0.3, -0.25) is 9.48 Å². The van der Waals surface area contributed by atoms with Crippen LogP contribution in [0, 0.1) is 5.82 Å². The first kappa shape index (κ1) is 17.4. The van der Waals surface area contributed by atoms with E-state index in [2.05, 4.69) is 10.4 Å². The van der Waals surface area contributed by atoms with Crippen LogP contribution < -0.4 is 5.32 Å². The van der Waals surface area contributed by atoms with Gasteiger partial charge in [-0.2, -0.15) is 5.10 Å². The fourth-order valence-corrected chi connectivity index (χ4v) is 2.33. The Balaban J connectivity index is 2.16. The molecule has 0 saturated carbocycles. The number of hydrogen-bond donors (Lipinski definition) is 1. The lowest BCUT2D eigenvalue weighted by Gasteiger charge is -2.21. The highest BCUT2D eigenvalue weighted by Crippen LogP contribution is 2.19. The third-order valence-electron chi connectivity index (χ3n) is 3.50. The van der Waals surface area contributed by atoms with Crippen LogP contribution in [-0.2, 0) is 7.05 Å². The maximum atomic E-state index is 13.1. The largest absolute Gasteiger partial charge is 0.344 e. The molecule has 2 aromatic rings. The summed E-state index contributed by atoms with van der Waals surface area (Å²) in [7, 11) is 5.59. The number of nitrogens with one attached hydrogen (secondary N) is 1. The molecule has 124 valence electrons. The van der Waals surface area contributed by atoms with Crippen molar-refractivity contribution < 1.29 is 9.18 Å². The number of benzene rings is 1. The van der Waals surface area contributed by atoms with Crippen LogP contribution in [0.25, 0.3) is 0 Å². The van der Waals surface area contributed by atoms with E-state index in [1.165, 1.54) is 22.9 Å². The van der Waals surface area contributed by atoms with Gasteiger partial charge in [-0.05, 0) is 44.8 Å². The smallest absolute Gasteiger partial charge is 0.272 e. The van der Waals surface area contributed by atoms with Gasteiger partial charge in [-0.25, -0.2) is 4.39 Å². The molecule has 2 rings (SSSR count). The molecular formula is C16H20ClFN4O. The van der Waals surface area contributed by atoms with Crippen molar-refractivity contribution in [3.8, 4) is 0 Å². The molecule has 1 aromatic heterocycles. The van der Waals surface area contributed by atoms with Crippen molar-refractivity contribution in [2.24, 2.45) is 7.05 Å². The summed E-state index contributed by atoms with van der Waals surface area (Å²) in [6.07, 6.45) is 0.699. The van der Waals surface area contributed by atoms with Crippen LogP contribution in [0.3, 0.4) is 0 Å². The van der Waals surface area contributed by atoms with E-state index in [0.29, 0.717) is 11.6 Å². The topological polar surface area (TPSA) is 50.2 Å². The van der Waals surface area contributed by atoms with E-state index in [-0.39, 0.29) is 23.5 Å². The van der Waals surface area contributed by atoms with Crippen molar-refractivity contribution in [2.75, 3.05) is 20.6 Å². The molecule has 5 nitrogen and oxygen atoms in total. The van der Waals surface area contributed by atoms with E-state index >= 15 is 0 Å². The second-order valence-corrected chi connectivity index (χ2v) is 6.03. The average molecular weight is 339 g/mol. The van der Waals surface area contributed by atoms with Gasteiger partial charge in [-0.1, -0.05) is 23.7 Å². The molecule has 0 aliphatic heterocycles. The lowest BCUT2D eigenvalue weighted by molar-refractivity contribution is 0.0927. The number of carbonyl (C=O) groups is 1. The monoisotopic (exact) mass is 338 g/mol. The maximum absolute atomic E-state index is 13.1. The molecule has 0 bridgehead atoms. The van der Waals surface area contributed by atoms with Crippen LogP contribution >= 0.6 is 11.6 Å². The molecule has 23 heavy (non-hydrogen) atoms. The first-order valence-corrected chi connectivity index (χ1v) is 7.65. The molecule has 0 radical (unpaired) electrons. The van der Waals surface area contributed by atoms with Gasteiger partial charge in [0.1, 0.15) is 11.0 Å². The zero-order valence-electron chi connectivity index (χ0n) is 13.4. The molecule has 1 atom stereocenters. The number of amides is 1. The Labute approximate surface area is 140 Å². The van der Waals surface area contributed by atoms with Crippen molar-refractivity contribution in [1.82, 2.24) is 20.0 Å². The molecule has 0 fully saturated rings.